The van der Waals surface area contributed by atoms with Crippen molar-refractivity contribution in [3.05, 3.63) is 23.5 Å². The van der Waals surface area contributed by atoms with Gasteiger partial charge in [0, 0.05) is 11.4 Å². The zero-order valence-corrected chi connectivity index (χ0v) is 14.1. The molecule has 0 aliphatic heterocycles. The van der Waals surface area contributed by atoms with Crippen LogP contribution in [0.5, 0.6) is 5.88 Å². The molecule has 1 fully saturated rings. The fourth-order valence-electron chi connectivity index (χ4n) is 2.51. The lowest BCUT2D eigenvalue weighted by Crippen LogP contribution is -2.52. The standard InChI is InChI=1S/C15H19N5O2S/c1-15(2)5-4-10(15)19-13(21)12-14(22-3)16-7-11(20-12)18-9-6-17-23-8-9/h6-8,10H,4-5H2,1-3H3,(H,18,20)(H,19,21). The fraction of sp³-hybridized carbons (Fsp3) is 0.467. The van der Waals surface area contributed by atoms with Crippen LogP contribution in [0.2, 0.25) is 0 Å². The Morgan fingerprint density at radius 1 is 1.43 bits per heavy atom. The topological polar surface area (TPSA) is 89.0 Å². The summed E-state index contributed by atoms with van der Waals surface area (Å²) in [6.07, 6.45) is 5.30. The Labute approximate surface area is 138 Å². The van der Waals surface area contributed by atoms with Crippen LogP contribution in [-0.4, -0.2) is 33.4 Å². The normalized spacial score (nSPS) is 18.8. The van der Waals surface area contributed by atoms with Gasteiger partial charge in [-0.1, -0.05) is 13.8 Å². The Kier molecular flexibility index (Phi) is 4.16. The summed E-state index contributed by atoms with van der Waals surface area (Å²) in [6.45, 7) is 4.29. The van der Waals surface area contributed by atoms with E-state index in [1.54, 1.807) is 6.20 Å². The van der Waals surface area contributed by atoms with E-state index in [1.807, 2.05) is 5.38 Å². The van der Waals surface area contributed by atoms with Crippen LogP contribution in [0.1, 0.15) is 37.2 Å². The first kappa shape index (κ1) is 15.7. The van der Waals surface area contributed by atoms with Gasteiger partial charge in [0.25, 0.3) is 5.91 Å². The largest absolute Gasteiger partial charge is 0.479 e. The van der Waals surface area contributed by atoms with E-state index in [4.69, 9.17) is 4.74 Å². The Bertz CT molecular complexity index is 702. The minimum Gasteiger partial charge on any atom is -0.479 e. The number of methoxy groups -OCH3 is 1. The summed E-state index contributed by atoms with van der Waals surface area (Å²) < 4.78 is 9.18. The molecular weight excluding hydrogens is 314 g/mol. The molecule has 0 spiro atoms. The summed E-state index contributed by atoms with van der Waals surface area (Å²) in [5.41, 5.74) is 1.11. The number of ether oxygens (including phenoxy) is 1. The molecule has 2 aromatic heterocycles. The molecule has 2 aromatic rings. The predicted octanol–water partition coefficient (Wildman–Crippen LogP) is 2.60. The third kappa shape index (κ3) is 3.26. The van der Waals surface area contributed by atoms with E-state index < -0.39 is 0 Å². The second kappa shape index (κ2) is 6.11. The minimum absolute atomic E-state index is 0.120. The number of carbonyl (C=O) groups excluding carboxylic acids is 1. The van der Waals surface area contributed by atoms with Crippen molar-refractivity contribution in [1.29, 1.82) is 0 Å². The van der Waals surface area contributed by atoms with Gasteiger partial charge in [-0.25, -0.2) is 9.97 Å². The summed E-state index contributed by atoms with van der Waals surface area (Å²) in [5.74, 6) is 0.428. The van der Waals surface area contributed by atoms with Gasteiger partial charge in [0.15, 0.2) is 5.69 Å². The van der Waals surface area contributed by atoms with Crippen molar-refractivity contribution in [2.45, 2.75) is 32.7 Å². The molecule has 2 heterocycles. The Morgan fingerprint density at radius 2 is 2.26 bits per heavy atom. The molecule has 1 unspecified atom stereocenters. The van der Waals surface area contributed by atoms with Gasteiger partial charge < -0.3 is 15.4 Å². The Balaban J connectivity index is 1.80. The molecule has 122 valence electrons. The number of nitrogens with zero attached hydrogens (tertiary/aromatic N) is 3. The minimum atomic E-state index is -0.265. The first-order valence-electron chi connectivity index (χ1n) is 7.38. The van der Waals surface area contributed by atoms with Gasteiger partial charge in [0.1, 0.15) is 5.82 Å². The van der Waals surface area contributed by atoms with Gasteiger partial charge in [-0.2, -0.15) is 4.37 Å². The zero-order chi connectivity index (χ0) is 16.4. The zero-order valence-electron chi connectivity index (χ0n) is 13.3. The summed E-state index contributed by atoms with van der Waals surface area (Å²) in [4.78, 5) is 21.0. The molecule has 1 aliphatic carbocycles. The number of nitrogens with one attached hydrogen (secondary N) is 2. The highest BCUT2D eigenvalue weighted by Crippen LogP contribution is 2.40. The SMILES string of the molecule is COc1ncc(Nc2cnsc2)nc1C(=O)NC1CCC1(C)C. The maximum absolute atomic E-state index is 12.5. The molecule has 23 heavy (non-hydrogen) atoms. The number of amides is 1. The van der Waals surface area contributed by atoms with Crippen molar-refractivity contribution in [3.8, 4) is 5.88 Å². The van der Waals surface area contributed by atoms with Crippen LogP contribution in [0.15, 0.2) is 17.8 Å². The summed E-state index contributed by atoms with van der Waals surface area (Å²) in [7, 11) is 1.48. The third-order valence-corrected chi connectivity index (χ3v) is 4.76. The Hall–Kier alpha value is -2.22. The Morgan fingerprint density at radius 3 is 2.83 bits per heavy atom. The molecular formula is C15H19N5O2S. The van der Waals surface area contributed by atoms with E-state index >= 15 is 0 Å². The van der Waals surface area contributed by atoms with Gasteiger partial charge in [0.2, 0.25) is 5.88 Å². The summed E-state index contributed by atoms with van der Waals surface area (Å²) in [5, 5.41) is 7.94. The van der Waals surface area contributed by atoms with Crippen LogP contribution >= 0.6 is 11.5 Å². The van der Waals surface area contributed by atoms with Crippen LogP contribution in [0.4, 0.5) is 11.5 Å². The van der Waals surface area contributed by atoms with E-state index in [0.29, 0.717) is 5.82 Å². The van der Waals surface area contributed by atoms with E-state index in [0.717, 1.165) is 18.5 Å². The monoisotopic (exact) mass is 333 g/mol. The highest BCUT2D eigenvalue weighted by atomic mass is 32.1. The number of hydrogen-bond acceptors (Lipinski definition) is 7. The van der Waals surface area contributed by atoms with Crippen molar-refractivity contribution in [2.24, 2.45) is 5.41 Å². The van der Waals surface area contributed by atoms with E-state index in [9.17, 15) is 4.79 Å². The lowest BCUT2D eigenvalue weighted by molar-refractivity contribution is 0.0724. The van der Waals surface area contributed by atoms with E-state index in [2.05, 4.69) is 38.8 Å². The molecule has 1 atom stereocenters. The molecule has 0 saturated heterocycles. The number of rotatable bonds is 5. The maximum atomic E-state index is 12.5. The van der Waals surface area contributed by atoms with Crippen LogP contribution in [0, 0.1) is 5.41 Å². The molecule has 1 saturated carbocycles. The van der Waals surface area contributed by atoms with Crippen LogP contribution in [0.25, 0.3) is 0 Å². The van der Waals surface area contributed by atoms with Gasteiger partial charge in [-0.3, -0.25) is 4.79 Å². The molecule has 1 amide bonds. The third-order valence-electron chi connectivity index (χ3n) is 4.18. The molecule has 8 heteroatoms. The summed E-state index contributed by atoms with van der Waals surface area (Å²) in [6, 6.07) is 0.152. The van der Waals surface area contributed by atoms with Crippen molar-refractivity contribution >= 4 is 28.9 Å². The van der Waals surface area contributed by atoms with Gasteiger partial charge in [-0.15, -0.1) is 0 Å². The quantitative estimate of drug-likeness (QED) is 0.874. The average Bonchev–Trinajstić information content (AvgIpc) is 3.04. The van der Waals surface area contributed by atoms with Crippen LogP contribution < -0.4 is 15.4 Å². The number of anilines is 2. The maximum Gasteiger partial charge on any atom is 0.275 e. The molecule has 7 nitrogen and oxygen atoms in total. The first-order chi connectivity index (χ1) is 11.0. The smallest absolute Gasteiger partial charge is 0.275 e. The molecule has 0 radical (unpaired) electrons. The highest BCUT2D eigenvalue weighted by Gasteiger charge is 2.39. The average molecular weight is 333 g/mol. The summed E-state index contributed by atoms with van der Waals surface area (Å²) >= 11 is 1.33. The van der Waals surface area contributed by atoms with Gasteiger partial charge >= 0.3 is 0 Å². The number of aromatic nitrogens is 3. The van der Waals surface area contributed by atoms with E-state index in [1.165, 1.54) is 24.8 Å². The first-order valence-corrected chi connectivity index (χ1v) is 8.21. The predicted molar refractivity (Wildman–Crippen MR) is 88.2 cm³/mol. The van der Waals surface area contributed by atoms with Crippen LogP contribution in [-0.2, 0) is 0 Å². The van der Waals surface area contributed by atoms with Crippen LogP contribution in [0.3, 0.4) is 0 Å². The van der Waals surface area contributed by atoms with Crippen molar-refractivity contribution in [2.75, 3.05) is 12.4 Å². The second-order valence-corrected chi connectivity index (χ2v) is 6.86. The highest BCUT2D eigenvalue weighted by molar-refractivity contribution is 7.04. The fourth-order valence-corrected chi connectivity index (χ4v) is 2.98. The molecule has 0 bridgehead atoms. The second-order valence-electron chi connectivity index (χ2n) is 6.20. The molecule has 0 aromatic carbocycles. The lowest BCUT2D eigenvalue weighted by atomic mass is 9.67. The molecule has 3 rings (SSSR count). The number of hydrogen-bond donors (Lipinski definition) is 2. The molecule has 1 aliphatic rings. The molecule has 2 N–H and O–H groups in total. The van der Waals surface area contributed by atoms with Crippen molar-refractivity contribution in [1.82, 2.24) is 19.7 Å². The van der Waals surface area contributed by atoms with Crippen molar-refractivity contribution in [3.63, 3.8) is 0 Å². The lowest BCUT2D eigenvalue weighted by Gasteiger charge is -2.44. The van der Waals surface area contributed by atoms with Crippen molar-refractivity contribution < 1.29 is 9.53 Å². The van der Waals surface area contributed by atoms with Gasteiger partial charge in [-0.05, 0) is 29.8 Å². The van der Waals surface area contributed by atoms with Gasteiger partial charge in [0.05, 0.1) is 25.2 Å². The number of carbonyl (C=O) groups is 1. The van der Waals surface area contributed by atoms with E-state index in [-0.39, 0.29) is 28.9 Å².